The summed E-state index contributed by atoms with van der Waals surface area (Å²) in [6, 6.07) is 0. The summed E-state index contributed by atoms with van der Waals surface area (Å²) in [7, 11) is 0. The van der Waals surface area contributed by atoms with Crippen molar-refractivity contribution in [2.24, 2.45) is 41.4 Å². The molecule has 0 radical (unpaired) electrons. The highest BCUT2D eigenvalue weighted by atomic mass is 16.5. The molecule has 0 aromatic rings. The Hall–Kier alpha value is -1.09. The van der Waals surface area contributed by atoms with E-state index in [2.05, 4.69) is 45.9 Å². The van der Waals surface area contributed by atoms with E-state index in [-0.39, 0.29) is 24.1 Å². The zero-order valence-electron chi connectivity index (χ0n) is 19.1. The average molecular weight is 403 g/mol. The van der Waals surface area contributed by atoms with Crippen molar-refractivity contribution in [2.45, 2.75) is 91.8 Å². The number of fused-ring (bicyclic) bond motifs is 1. The summed E-state index contributed by atoms with van der Waals surface area (Å²) in [5, 5.41) is 10.2. The van der Waals surface area contributed by atoms with Crippen molar-refractivity contribution in [1.29, 1.82) is 0 Å². The fraction of sp³-hybridized carbons (Fsp3) is 0.808. The Morgan fingerprint density at radius 1 is 1.17 bits per heavy atom. The van der Waals surface area contributed by atoms with Crippen molar-refractivity contribution < 1.29 is 14.6 Å². The van der Waals surface area contributed by atoms with E-state index in [0.29, 0.717) is 35.5 Å². The lowest BCUT2D eigenvalue weighted by Crippen LogP contribution is -2.41. The first-order valence-electron chi connectivity index (χ1n) is 12.1. The molecular formula is C26H42O3. The second kappa shape index (κ2) is 9.81. The molecule has 29 heavy (non-hydrogen) atoms. The number of allylic oxidation sites excluding steroid dienone is 3. The van der Waals surface area contributed by atoms with Crippen LogP contribution in [0.15, 0.2) is 23.8 Å². The Balaban J connectivity index is 1.73. The molecule has 0 amide bonds. The van der Waals surface area contributed by atoms with Crippen molar-refractivity contribution >= 4 is 5.97 Å². The second-order valence-corrected chi connectivity index (χ2v) is 10.5. The number of aliphatic hydroxyl groups is 1. The van der Waals surface area contributed by atoms with Gasteiger partial charge in [0.1, 0.15) is 6.10 Å². The van der Waals surface area contributed by atoms with Crippen LogP contribution in [0.3, 0.4) is 0 Å². The van der Waals surface area contributed by atoms with Crippen molar-refractivity contribution in [3.05, 3.63) is 23.8 Å². The first-order valence-corrected chi connectivity index (χ1v) is 12.1. The quantitative estimate of drug-likeness (QED) is 0.560. The number of carbonyl (C=O) groups is 1. The van der Waals surface area contributed by atoms with Gasteiger partial charge in [-0.3, -0.25) is 4.79 Å². The monoisotopic (exact) mass is 402 g/mol. The number of aliphatic hydroxyl groups excluding tert-OH is 1. The minimum atomic E-state index is -0.123. The van der Waals surface area contributed by atoms with Crippen LogP contribution < -0.4 is 0 Å². The fourth-order valence-corrected chi connectivity index (χ4v) is 6.02. The van der Waals surface area contributed by atoms with Crippen molar-refractivity contribution in [1.82, 2.24) is 0 Å². The lowest BCUT2D eigenvalue weighted by molar-refractivity contribution is -0.158. The third-order valence-electron chi connectivity index (χ3n) is 7.80. The molecule has 0 aromatic carbocycles. The van der Waals surface area contributed by atoms with Crippen LogP contribution in [-0.4, -0.2) is 23.3 Å². The summed E-state index contributed by atoms with van der Waals surface area (Å²) in [6.07, 6.45) is 14.2. The Labute approximate surface area is 178 Å². The first-order chi connectivity index (χ1) is 13.8. The molecule has 1 fully saturated rings. The van der Waals surface area contributed by atoms with Crippen molar-refractivity contribution in [3.63, 3.8) is 0 Å². The van der Waals surface area contributed by atoms with Crippen molar-refractivity contribution in [2.75, 3.05) is 0 Å². The maximum Gasteiger partial charge on any atom is 0.308 e. The van der Waals surface area contributed by atoms with Gasteiger partial charge in [0, 0.05) is 5.92 Å². The van der Waals surface area contributed by atoms with E-state index in [0.717, 1.165) is 32.1 Å². The van der Waals surface area contributed by atoms with Gasteiger partial charge in [0.2, 0.25) is 0 Å². The molecule has 3 aliphatic rings. The van der Waals surface area contributed by atoms with Crippen LogP contribution in [-0.2, 0) is 9.53 Å². The van der Waals surface area contributed by atoms with Gasteiger partial charge in [-0.05, 0) is 73.7 Å². The summed E-state index contributed by atoms with van der Waals surface area (Å²) in [5.74, 6) is 2.99. The van der Waals surface area contributed by atoms with Crippen molar-refractivity contribution in [3.8, 4) is 0 Å². The summed E-state index contributed by atoms with van der Waals surface area (Å²) in [6.45, 7) is 10.9. The Morgan fingerprint density at radius 2 is 1.93 bits per heavy atom. The Morgan fingerprint density at radius 3 is 2.62 bits per heavy atom. The van der Waals surface area contributed by atoms with E-state index >= 15 is 0 Å². The zero-order chi connectivity index (χ0) is 21.1. The van der Waals surface area contributed by atoms with Crippen LogP contribution in [0.1, 0.15) is 79.6 Å². The molecule has 3 nitrogen and oxygen atoms in total. The highest BCUT2D eigenvalue weighted by molar-refractivity contribution is 5.72. The summed E-state index contributed by atoms with van der Waals surface area (Å²) >= 11 is 0. The predicted octanol–water partition coefficient (Wildman–Crippen LogP) is 5.93. The molecule has 0 bridgehead atoms. The van der Waals surface area contributed by atoms with Crippen LogP contribution in [0.2, 0.25) is 0 Å². The summed E-state index contributed by atoms with van der Waals surface area (Å²) in [4.78, 5) is 12.6. The third kappa shape index (κ3) is 5.54. The van der Waals surface area contributed by atoms with Gasteiger partial charge in [-0.25, -0.2) is 0 Å². The van der Waals surface area contributed by atoms with E-state index in [1.54, 1.807) is 0 Å². The molecule has 0 spiro atoms. The van der Waals surface area contributed by atoms with E-state index in [1.807, 2.05) is 6.92 Å². The van der Waals surface area contributed by atoms with Gasteiger partial charge in [0.15, 0.2) is 0 Å². The topological polar surface area (TPSA) is 46.5 Å². The average Bonchev–Trinajstić information content (AvgIpc) is 2.65. The molecule has 164 valence electrons. The predicted molar refractivity (Wildman–Crippen MR) is 118 cm³/mol. The molecule has 0 heterocycles. The number of ether oxygens (including phenoxy) is 1. The molecule has 0 aromatic heterocycles. The standard InChI is InChI=1S/C26H42O3/c1-6-18(4)26(28)29-24-14-17(3)12-21-9-7-19(5)23(25(21)24)10-8-20-11-16(2)13-22(27)15-20/h7,9,12,16-20,22-25,27H,6,8,10-11,13-15H2,1-5H3/t16?,17-,18-,19-,20?,22-,23-,24-,25-/m0/s1. The van der Waals surface area contributed by atoms with Gasteiger partial charge in [-0.1, -0.05) is 59.3 Å². The highest BCUT2D eigenvalue weighted by Gasteiger charge is 2.42. The van der Waals surface area contributed by atoms with Gasteiger partial charge in [-0.15, -0.1) is 0 Å². The first kappa shape index (κ1) is 22.6. The maximum absolute atomic E-state index is 12.6. The van der Waals surface area contributed by atoms with E-state index in [1.165, 1.54) is 18.4 Å². The minimum absolute atomic E-state index is 0.000213. The molecule has 0 aliphatic heterocycles. The molecular weight excluding hydrogens is 360 g/mol. The maximum atomic E-state index is 12.6. The van der Waals surface area contributed by atoms with Gasteiger partial charge < -0.3 is 9.84 Å². The molecule has 0 saturated heterocycles. The summed E-state index contributed by atoms with van der Waals surface area (Å²) in [5.41, 5.74) is 1.38. The SMILES string of the molecule is CC[C@H](C)C(=O)O[C@H]1C[C@@H](C)C=C2C=C[C@H](C)[C@H](CCC3CC(C)C[C@H](O)C3)[C@H]21. The number of carbonyl (C=O) groups excluding carboxylic acids is 1. The molecule has 1 saturated carbocycles. The fourth-order valence-electron chi connectivity index (χ4n) is 6.02. The van der Waals surface area contributed by atoms with Gasteiger partial charge in [0.25, 0.3) is 0 Å². The number of esters is 1. The van der Waals surface area contributed by atoms with E-state index < -0.39 is 0 Å². The lowest BCUT2D eigenvalue weighted by atomic mass is 9.64. The van der Waals surface area contributed by atoms with Crippen LogP contribution in [0, 0.1) is 41.4 Å². The molecule has 2 unspecified atom stereocenters. The molecule has 1 N–H and O–H groups in total. The van der Waals surface area contributed by atoms with Crippen LogP contribution >= 0.6 is 0 Å². The zero-order valence-corrected chi connectivity index (χ0v) is 19.1. The van der Waals surface area contributed by atoms with Gasteiger partial charge in [0.05, 0.1) is 12.0 Å². The number of hydrogen-bond acceptors (Lipinski definition) is 3. The Bertz CT molecular complexity index is 611. The highest BCUT2D eigenvalue weighted by Crippen LogP contribution is 2.46. The van der Waals surface area contributed by atoms with Crippen LogP contribution in [0.5, 0.6) is 0 Å². The van der Waals surface area contributed by atoms with E-state index in [9.17, 15) is 9.90 Å². The molecule has 9 atom stereocenters. The van der Waals surface area contributed by atoms with Crippen LogP contribution in [0.25, 0.3) is 0 Å². The van der Waals surface area contributed by atoms with Gasteiger partial charge >= 0.3 is 5.97 Å². The molecule has 3 heteroatoms. The number of rotatable bonds is 6. The lowest BCUT2D eigenvalue weighted by Gasteiger charge is -2.44. The Kier molecular flexibility index (Phi) is 7.64. The summed E-state index contributed by atoms with van der Waals surface area (Å²) < 4.78 is 6.13. The molecule has 3 rings (SSSR count). The minimum Gasteiger partial charge on any atom is -0.461 e. The molecule has 3 aliphatic carbocycles. The number of hydrogen-bond donors (Lipinski definition) is 1. The second-order valence-electron chi connectivity index (χ2n) is 10.5. The van der Waals surface area contributed by atoms with Crippen LogP contribution in [0.4, 0.5) is 0 Å². The van der Waals surface area contributed by atoms with Gasteiger partial charge in [-0.2, -0.15) is 0 Å². The normalized spacial score (nSPS) is 40.7. The van der Waals surface area contributed by atoms with E-state index in [4.69, 9.17) is 4.74 Å². The third-order valence-corrected chi connectivity index (χ3v) is 7.80. The largest absolute Gasteiger partial charge is 0.461 e. The smallest absolute Gasteiger partial charge is 0.308 e.